The van der Waals surface area contributed by atoms with E-state index in [0.717, 1.165) is 22.9 Å². The van der Waals surface area contributed by atoms with Gasteiger partial charge in [-0.3, -0.25) is 0 Å². The van der Waals surface area contributed by atoms with Crippen molar-refractivity contribution >= 4 is 50.7 Å². The highest BCUT2D eigenvalue weighted by atomic mass is 35.6. The second kappa shape index (κ2) is 8.68. The van der Waals surface area contributed by atoms with Crippen molar-refractivity contribution in [1.82, 2.24) is 15.1 Å². The number of hydrogen-bond acceptors (Lipinski definition) is 5. The van der Waals surface area contributed by atoms with Crippen LogP contribution in [0, 0.1) is 0 Å². The molecule has 0 fully saturated rings. The van der Waals surface area contributed by atoms with Crippen molar-refractivity contribution in [2.75, 3.05) is 6.54 Å². The molecule has 0 saturated heterocycles. The number of sulfone groups is 1. The largest absolute Gasteiger partial charge is 0.501 e. The van der Waals surface area contributed by atoms with Gasteiger partial charge in [0, 0.05) is 11.5 Å². The van der Waals surface area contributed by atoms with Crippen LogP contribution in [0.5, 0.6) is 5.88 Å². The van der Waals surface area contributed by atoms with Gasteiger partial charge < -0.3 is 10.1 Å². The molecular weight excluding hydrogens is 506 g/mol. The van der Waals surface area contributed by atoms with E-state index in [0.29, 0.717) is 5.69 Å². The summed E-state index contributed by atoms with van der Waals surface area (Å²) in [4.78, 5) is 11.1. The van der Waals surface area contributed by atoms with Crippen LogP contribution in [0.4, 0.5) is 18.0 Å². The molecule has 1 N–H and O–H groups in total. The molecule has 0 saturated carbocycles. The molecule has 0 atom stereocenters. The van der Waals surface area contributed by atoms with E-state index in [9.17, 15) is 26.4 Å². The van der Waals surface area contributed by atoms with E-state index in [2.05, 4.69) is 10.4 Å². The smallest absolute Gasteiger partial charge is 0.391 e. The number of nitrogens with one attached hydrogen (secondary N) is 1. The molecule has 1 amide bonds. The second-order valence-corrected chi connectivity index (χ2v) is 11.8. The molecule has 0 unspecified atom stereocenters. The summed E-state index contributed by atoms with van der Waals surface area (Å²) in [5, 5.41) is 6.47. The topological polar surface area (TPSA) is 90.3 Å². The van der Waals surface area contributed by atoms with Crippen LogP contribution >= 0.6 is 34.8 Å². The summed E-state index contributed by atoms with van der Waals surface area (Å²) >= 11 is 16.7. The summed E-state index contributed by atoms with van der Waals surface area (Å²) < 4.78 is 66.7. The summed E-state index contributed by atoms with van der Waals surface area (Å²) in [6.07, 6.45) is -1.02. The Bertz CT molecular complexity index is 1070. The predicted molar refractivity (Wildman–Crippen MR) is 110 cm³/mol. The SMILES string of the molecule is CC(C)(C)c1cc(OC(=O)NCC(Cl)(Cl)Cl)n(-c2cccc(S(=O)(=O)C(F)(F)F)c2)n1. The monoisotopic (exact) mass is 521 g/mol. The van der Waals surface area contributed by atoms with Crippen LogP contribution in [-0.4, -0.2) is 40.1 Å². The molecule has 2 rings (SSSR count). The zero-order valence-corrected chi connectivity index (χ0v) is 19.4. The molecule has 0 aliphatic heterocycles. The van der Waals surface area contributed by atoms with Crippen molar-refractivity contribution in [3.63, 3.8) is 0 Å². The predicted octanol–water partition coefficient (Wildman–Crippen LogP) is 4.92. The Labute approximate surface area is 191 Å². The number of nitrogens with zero attached hydrogens (tertiary/aromatic N) is 2. The van der Waals surface area contributed by atoms with Gasteiger partial charge in [0.05, 0.1) is 22.8 Å². The van der Waals surface area contributed by atoms with Crippen LogP contribution in [-0.2, 0) is 15.3 Å². The van der Waals surface area contributed by atoms with Gasteiger partial charge in [0.15, 0.2) is 0 Å². The quantitative estimate of drug-likeness (QED) is 0.576. The molecule has 2 aromatic rings. The van der Waals surface area contributed by atoms with Crippen LogP contribution < -0.4 is 10.1 Å². The van der Waals surface area contributed by atoms with Gasteiger partial charge in [-0.25, -0.2) is 17.9 Å². The molecule has 1 aromatic carbocycles. The number of benzene rings is 1. The zero-order chi connectivity index (χ0) is 23.8. The van der Waals surface area contributed by atoms with Crippen LogP contribution in [0.2, 0.25) is 0 Å². The second-order valence-electron chi connectivity index (χ2n) is 7.33. The lowest BCUT2D eigenvalue weighted by Gasteiger charge is -2.14. The highest BCUT2D eigenvalue weighted by Gasteiger charge is 2.47. The van der Waals surface area contributed by atoms with E-state index in [1.165, 1.54) is 12.1 Å². The van der Waals surface area contributed by atoms with Crippen molar-refractivity contribution < 1.29 is 31.1 Å². The number of carbonyl (C=O) groups is 1. The first-order valence-electron chi connectivity index (χ1n) is 8.46. The maximum Gasteiger partial charge on any atom is 0.501 e. The number of hydrogen-bond donors (Lipinski definition) is 1. The van der Waals surface area contributed by atoms with Crippen molar-refractivity contribution in [3.05, 3.63) is 36.0 Å². The molecule has 0 bridgehead atoms. The van der Waals surface area contributed by atoms with E-state index in [1.807, 2.05) is 0 Å². The minimum Gasteiger partial charge on any atom is -0.391 e. The molecule has 31 heavy (non-hydrogen) atoms. The fourth-order valence-corrected chi connectivity index (χ4v) is 3.21. The molecule has 0 spiro atoms. The number of rotatable bonds is 4. The molecule has 0 radical (unpaired) electrons. The van der Waals surface area contributed by atoms with E-state index in [1.54, 1.807) is 20.8 Å². The Balaban J connectivity index is 2.50. The number of amides is 1. The standard InChI is InChI=1S/C17H17Cl3F3N3O4S/c1-15(2,3)12-8-13(30-14(27)24-9-16(18,19)20)26(25-12)10-5-4-6-11(7-10)31(28,29)17(21,22)23/h4-8H,9H2,1-3H3,(H,24,27). The number of aromatic nitrogens is 2. The maximum absolute atomic E-state index is 12.9. The summed E-state index contributed by atoms with van der Waals surface area (Å²) in [5.41, 5.74) is -5.68. The first-order chi connectivity index (χ1) is 13.9. The molecule has 0 aliphatic rings. The van der Waals surface area contributed by atoms with Gasteiger partial charge in [-0.2, -0.15) is 18.3 Å². The lowest BCUT2D eigenvalue weighted by molar-refractivity contribution is -0.0436. The van der Waals surface area contributed by atoms with E-state index < -0.39 is 35.5 Å². The van der Waals surface area contributed by atoms with Crippen LogP contribution in [0.1, 0.15) is 26.5 Å². The summed E-state index contributed by atoms with van der Waals surface area (Å²) in [6.45, 7) is 5.03. The Morgan fingerprint density at radius 1 is 1.16 bits per heavy atom. The van der Waals surface area contributed by atoms with Crippen molar-refractivity contribution in [1.29, 1.82) is 0 Å². The van der Waals surface area contributed by atoms with Gasteiger partial charge in [0.25, 0.3) is 9.84 Å². The lowest BCUT2D eigenvalue weighted by atomic mass is 9.93. The van der Waals surface area contributed by atoms with Gasteiger partial charge in [-0.05, 0) is 18.2 Å². The molecule has 1 heterocycles. The normalized spacial score (nSPS) is 13.2. The van der Waals surface area contributed by atoms with Gasteiger partial charge >= 0.3 is 11.6 Å². The third-order valence-corrected chi connectivity index (χ3v) is 5.64. The van der Waals surface area contributed by atoms with Gasteiger partial charge in [-0.1, -0.05) is 61.6 Å². The Morgan fingerprint density at radius 3 is 2.29 bits per heavy atom. The first kappa shape index (κ1) is 25.6. The minimum atomic E-state index is -5.59. The fourth-order valence-electron chi connectivity index (χ4n) is 2.21. The lowest BCUT2D eigenvalue weighted by Crippen LogP contribution is -2.34. The Hall–Kier alpha value is -1.69. The van der Waals surface area contributed by atoms with Gasteiger partial charge in [0.2, 0.25) is 9.67 Å². The number of halogens is 6. The molecule has 7 nitrogen and oxygen atoms in total. The highest BCUT2D eigenvalue weighted by Crippen LogP contribution is 2.33. The highest BCUT2D eigenvalue weighted by molar-refractivity contribution is 7.92. The van der Waals surface area contributed by atoms with Crippen molar-refractivity contribution in [3.8, 4) is 11.6 Å². The third-order valence-electron chi connectivity index (χ3n) is 3.75. The molecule has 172 valence electrons. The number of alkyl halides is 6. The van der Waals surface area contributed by atoms with E-state index >= 15 is 0 Å². The molecule has 1 aromatic heterocycles. The average Bonchev–Trinajstić information content (AvgIpc) is 3.02. The average molecular weight is 523 g/mol. The van der Waals surface area contributed by atoms with Crippen molar-refractivity contribution in [2.24, 2.45) is 0 Å². The third kappa shape index (κ3) is 6.41. The van der Waals surface area contributed by atoms with E-state index in [-0.39, 0.29) is 18.1 Å². The Kier molecular flexibility index (Phi) is 7.16. The van der Waals surface area contributed by atoms with Crippen LogP contribution in [0.25, 0.3) is 5.69 Å². The minimum absolute atomic E-state index is 0.0787. The molecule has 0 aliphatic carbocycles. The maximum atomic E-state index is 12.9. The van der Waals surface area contributed by atoms with Crippen LogP contribution in [0.3, 0.4) is 0 Å². The van der Waals surface area contributed by atoms with E-state index in [4.69, 9.17) is 39.5 Å². The fraction of sp³-hybridized carbons (Fsp3) is 0.412. The number of ether oxygens (including phenoxy) is 1. The van der Waals surface area contributed by atoms with Gasteiger partial charge in [0.1, 0.15) is 0 Å². The number of carbonyl (C=O) groups excluding carboxylic acids is 1. The van der Waals surface area contributed by atoms with Crippen molar-refractivity contribution in [2.45, 2.75) is 40.4 Å². The summed E-state index contributed by atoms with van der Waals surface area (Å²) in [7, 11) is -5.59. The molecular formula is C17H17Cl3F3N3O4S. The van der Waals surface area contributed by atoms with Crippen LogP contribution in [0.15, 0.2) is 35.2 Å². The summed E-state index contributed by atoms with van der Waals surface area (Å²) in [5.74, 6) is -0.187. The zero-order valence-electron chi connectivity index (χ0n) is 16.3. The molecule has 14 heteroatoms. The first-order valence-corrected chi connectivity index (χ1v) is 11.1. The van der Waals surface area contributed by atoms with Gasteiger partial charge in [-0.15, -0.1) is 0 Å². The summed E-state index contributed by atoms with van der Waals surface area (Å²) in [6, 6.07) is 5.38. The Morgan fingerprint density at radius 2 is 1.77 bits per heavy atom.